The third kappa shape index (κ3) is 5.04. The van der Waals surface area contributed by atoms with Gasteiger partial charge in [0, 0.05) is 28.8 Å². The van der Waals surface area contributed by atoms with E-state index in [1.54, 1.807) is 18.4 Å². The average molecular weight is 482 g/mol. The summed E-state index contributed by atoms with van der Waals surface area (Å²) in [5, 5.41) is 24.7. The van der Waals surface area contributed by atoms with Gasteiger partial charge in [0.2, 0.25) is 0 Å². The fourth-order valence-electron chi connectivity index (χ4n) is 4.19. The zero-order valence-corrected chi connectivity index (χ0v) is 20.1. The highest BCUT2D eigenvalue weighted by Crippen LogP contribution is 2.45. The number of nitro groups is 1. The molecular formula is C25H27N3O5S. The largest absolute Gasteiger partial charge is 0.507 e. The van der Waals surface area contributed by atoms with Gasteiger partial charge in [0.15, 0.2) is 0 Å². The number of phenolic OH excluding ortho intramolecular Hbond substituents is 1. The highest BCUT2D eigenvalue weighted by Gasteiger charge is 2.33. The van der Waals surface area contributed by atoms with Crippen molar-refractivity contribution in [2.75, 3.05) is 0 Å². The number of fused-ring (bicyclic) bond motifs is 1. The van der Waals surface area contributed by atoms with E-state index < -0.39 is 4.92 Å². The Labute approximate surface area is 201 Å². The highest BCUT2D eigenvalue weighted by atomic mass is 32.1. The number of rotatable bonds is 6. The van der Waals surface area contributed by atoms with Gasteiger partial charge in [-0.15, -0.1) is 11.3 Å². The van der Waals surface area contributed by atoms with Crippen LogP contribution >= 0.6 is 11.3 Å². The van der Waals surface area contributed by atoms with E-state index in [0.29, 0.717) is 22.2 Å². The van der Waals surface area contributed by atoms with Crippen LogP contribution < -0.4 is 5.32 Å². The van der Waals surface area contributed by atoms with Crippen molar-refractivity contribution in [1.82, 2.24) is 5.32 Å². The minimum Gasteiger partial charge on any atom is -0.507 e. The number of nitrogens with one attached hydrogen (secondary N) is 1. The number of furan rings is 1. The van der Waals surface area contributed by atoms with E-state index >= 15 is 0 Å². The van der Waals surface area contributed by atoms with Crippen molar-refractivity contribution in [2.45, 2.75) is 46.6 Å². The number of carbonyl (C=O) groups is 1. The van der Waals surface area contributed by atoms with Gasteiger partial charge in [-0.25, -0.2) is 4.99 Å². The van der Waals surface area contributed by atoms with Crippen molar-refractivity contribution in [3.05, 3.63) is 74.0 Å². The number of nitro benzene ring substituents is 1. The van der Waals surface area contributed by atoms with Gasteiger partial charge in [0.05, 0.1) is 23.3 Å². The Hall–Kier alpha value is -3.46. The molecule has 3 aromatic rings. The molecule has 1 aliphatic carbocycles. The number of nitrogens with zero attached hydrogens (tertiary/aromatic N) is 2. The van der Waals surface area contributed by atoms with Crippen molar-refractivity contribution >= 4 is 34.1 Å². The van der Waals surface area contributed by atoms with Crippen LogP contribution in [0.4, 0.5) is 10.7 Å². The summed E-state index contributed by atoms with van der Waals surface area (Å²) in [6.45, 7) is 6.96. The lowest BCUT2D eigenvalue weighted by atomic mass is 9.72. The smallest absolute Gasteiger partial charge is 0.270 e. The molecule has 1 atom stereocenters. The van der Waals surface area contributed by atoms with Crippen molar-refractivity contribution in [2.24, 2.45) is 16.3 Å². The Balaban J connectivity index is 1.69. The Morgan fingerprint density at radius 1 is 1.38 bits per heavy atom. The van der Waals surface area contributed by atoms with Crippen LogP contribution in [-0.4, -0.2) is 22.2 Å². The third-order valence-electron chi connectivity index (χ3n) is 6.24. The quantitative estimate of drug-likeness (QED) is 0.263. The van der Waals surface area contributed by atoms with Crippen LogP contribution in [0.1, 0.15) is 59.3 Å². The summed E-state index contributed by atoms with van der Waals surface area (Å²) >= 11 is 1.47. The molecule has 1 aromatic carbocycles. The minimum absolute atomic E-state index is 0.118. The van der Waals surface area contributed by atoms with Gasteiger partial charge in [-0.05, 0) is 54.4 Å². The number of hydrogen-bond donors (Lipinski definition) is 2. The summed E-state index contributed by atoms with van der Waals surface area (Å²) in [6.07, 6.45) is 5.58. The molecular weight excluding hydrogens is 454 g/mol. The topological polar surface area (TPSA) is 118 Å². The fourth-order valence-corrected chi connectivity index (χ4v) is 5.46. The molecule has 1 aliphatic rings. The lowest BCUT2D eigenvalue weighted by molar-refractivity contribution is -0.384. The standard InChI is InChI=1S/C25H27N3O5S/c1-25(2,3)16-6-8-19-21(12-16)34-24(22(19)23(30)26-14-18-5-4-10-33-18)27-13-15-11-17(28(31)32)7-9-20(15)29/h4-5,7,9-11,13,16,29H,6,8,12,14H2,1-3H3,(H,26,30)/t16-/m1/s1. The van der Waals surface area contributed by atoms with Crippen LogP contribution in [-0.2, 0) is 19.4 Å². The molecule has 4 rings (SSSR count). The first-order valence-corrected chi connectivity index (χ1v) is 11.9. The average Bonchev–Trinajstić information content (AvgIpc) is 3.43. The van der Waals surface area contributed by atoms with Crippen molar-refractivity contribution in [1.29, 1.82) is 0 Å². The number of carbonyl (C=O) groups excluding carboxylic acids is 1. The van der Waals surface area contributed by atoms with Gasteiger partial charge < -0.3 is 14.8 Å². The second-order valence-corrected chi connectivity index (χ2v) is 10.6. The van der Waals surface area contributed by atoms with E-state index in [9.17, 15) is 20.0 Å². The SMILES string of the molecule is CC(C)(C)[C@@H]1CCc2c(sc(N=Cc3cc([N+](=O)[O-])ccc3O)c2C(=O)NCc2ccco2)C1. The Bertz CT molecular complexity index is 1240. The molecule has 2 N–H and O–H groups in total. The molecule has 0 aliphatic heterocycles. The van der Waals surface area contributed by atoms with Crippen LogP contribution in [0, 0.1) is 21.4 Å². The number of hydrogen-bond acceptors (Lipinski definition) is 7. The Kier molecular flexibility index (Phi) is 6.56. The molecule has 9 heteroatoms. The van der Waals surface area contributed by atoms with Crippen LogP contribution in [0.3, 0.4) is 0 Å². The first kappa shape index (κ1) is 23.7. The molecule has 0 bridgehead atoms. The maximum absolute atomic E-state index is 13.2. The van der Waals surface area contributed by atoms with Crippen LogP contribution in [0.2, 0.25) is 0 Å². The third-order valence-corrected chi connectivity index (χ3v) is 7.41. The normalized spacial score (nSPS) is 15.9. The van der Waals surface area contributed by atoms with E-state index in [0.717, 1.165) is 29.7 Å². The maximum Gasteiger partial charge on any atom is 0.270 e. The Morgan fingerprint density at radius 3 is 2.85 bits per heavy atom. The molecule has 0 unspecified atom stereocenters. The number of thiophene rings is 1. The number of benzene rings is 1. The van der Waals surface area contributed by atoms with Crippen LogP contribution in [0.15, 0.2) is 46.0 Å². The summed E-state index contributed by atoms with van der Waals surface area (Å²) < 4.78 is 5.32. The summed E-state index contributed by atoms with van der Waals surface area (Å²) in [6, 6.07) is 7.32. The zero-order chi connectivity index (χ0) is 24.5. The second-order valence-electron chi connectivity index (χ2n) is 9.51. The van der Waals surface area contributed by atoms with Crippen LogP contribution in [0.5, 0.6) is 5.75 Å². The molecule has 8 nitrogen and oxygen atoms in total. The molecule has 0 spiro atoms. The molecule has 0 fully saturated rings. The molecule has 0 saturated heterocycles. The predicted octanol–water partition coefficient (Wildman–Crippen LogP) is 5.79. The maximum atomic E-state index is 13.2. The van der Waals surface area contributed by atoms with Crippen molar-refractivity contribution in [3.63, 3.8) is 0 Å². The Morgan fingerprint density at radius 2 is 2.18 bits per heavy atom. The molecule has 1 amide bonds. The predicted molar refractivity (Wildman–Crippen MR) is 131 cm³/mol. The van der Waals surface area contributed by atoms with Crippen LogP contribution in [0.25, 0.3) is 0 Å². The van der Waals surface area contributed by atoms with Gasteiger partial charge in [0.1, 0.15) is 16.5 Å². The first-order valence-electron chi connectivity index (χ1n) is 11.1. The molecule has 0 radical (unpaired) electrons. The van der Waals surface area contributed by atoms with Gasteiger partial charge in [-0.2, -0.15) is 0 Å². The van der Waals surface area contributed by atoms with Crippen molar-refractivity contribution < 1.29 is 19.2 Å². The van der Waals surface area contributed by atoms with E-state index in [2.05, 4.69) is 31.1 Å². The monoisotopic (exact) mass is 481 g/mol. The van der Waals surface area contributed by atoms with E-state index in [1.165, 1.54) is 35.8 Å². The van der Waals surface area contributed by atoms with Gasteiger partial charge in [-0.3, -0.25) is 14.9 Å². The first-order chi connectivity index (χ1) is 16.1. The lowest BCUT2D eigenvalue weighted by Crippen LogP contribution is -2.28. The van der Waals surface area contributed by atoms with E-state index in [1.807, 2.05) is 0 Å². The number of phenols is 1. The van der Waals surface area contributed by atoms with Gasteiger partial charge in [0.25, 0.3) is 11.6 Å². The number of aliphatic imine (C=N–C) groups is 1. The second kappa shape index (κ2) is 9.42. The summed E-state index contributed by atoms with van der Waals surface area (Å²) in [4.78, 5) is 29.5. The van der Waals surface area contributed by atoms with Gasteiger partial charge in [-0.1, -0.05) is 20.8 Å². The molecule has 2 heterocycles. The minimum atomic E-state index is -0.527. The molecule has 2 aromatic heterocycles. The van der Waals surface area contributed by atoms with E-state index in [4.69, 9.17) is 4.42 Å². The van der Waals surface area contributed by atoms with Crippen molar-refractivity contribution in [3.8, 4) is 5.75 Å². The number of non-ortho nitro benzene ring substituents is 1. The summed E-state index contributed by atoms with van der Waals surface area (Å²) in [5.41, 5.74) is 1.77. The summed E-state index contributed by atoms with van der Waals surface area (Å²) in [7, 11) is 0. The zero-order valence-electron chi connectivity index (χ0n) is 19.3. The fraction of sp³-hybridized carbons (Fsp3) is 0.360. The molecule has 0 saturated carbocycles. The highest BCUT2D eigenvalue weighted by molar-refractivity contribution is 7.16. The van der Waals surface area contributed by atoms with Gasteiger partial charge >= 0.3 is 0 Å². The molecule has 34 heavy (non-hydrogen) atoms. The lowest BCUT2D eigenvalue weighted by Gasteiger charge is -2.33. The molecule has 178 valence electrons. The number of amides is 1. The number of aromatic hydroxyl groups is 1. The van der Waals surface area contributed by atoms with E-state index in [-0.39, 0.29) is 34.9 Å². The summed E-state index contributed by atoms with van der Waals surface area (Å²) in [5.74, 6) is 0.790.